The summed E-state index contributed by atoms with van der Waals surface area (Å²) >= 11 is 0. The zero-order valence-corrected chi connectivity index (χ0v) is 16.7. The van der Waals surface area contributed by atoms with Crippen LogP contribution in [0.1, 0.15) is 29.4 Å². The van der Waals surface area contributed by atoms with Crippen LogP contribution in [0, 0.1) is 19.8 Å². The highest BCUT2D eigenvalue weighted by Gasteiger charge is 2.09. The first-order valence-corrected chi connectivity index (χ1v) is 9.57. The van der Waals surface area contributed by atoms with Crippen molar-refractivity contribution in [1.82, 2.24) is 30.2 Å². The number of hydrogen-bond donors (Lipinski definition) is 2. The van der Waals surface area contributed by atoms with Crippen molar-refractivity contribution in [3.8, 4) is 0 Å². The standard InChI is InChI=1S/C21H28N6O/c1-16(13-27-18(3)9-17(2)25-27)10-22-21(28)23-11-20-12-24-26(15-20)14-19-7-5-4-6-8-19/h4-9,12,15-16H,10-11,13-14H2,1-3H3,(H2,22,23,28). The maximum atomic E-state index is 12.1. The molecule has 3 rings (SSSR count). The fourth-order valence-electron chi connectivity index (χ4n) is 3.09. The van der Waals surface area contributed by atoms with E-state index in [-0.39, 0.29) is 11.9 Å². The SMILES string of the molecule is Cc1cc(C)n(CC(C)CNC(=O)NCc2cnn(Cc3ccccc3)c2)n1. The lowest BCUT2D eigenvalue weighted by Crippen LogP contribution is -2.38. The maximum absolute atomic E-state index is 12.1. The summed E-state index contributed by atoms with van der Waals surface area (Å²) in [5.74, 6) is 0.289. The third kappa shape index (κ3) is 5.70. The van der Waals surface area contributed by atoms with E-state index >= 15 is 0 Å². The molecule has 0 aliphatic rings. The summed E-state index contributed by atoms with van der Waals surface area (Å²) in [7, 11) is 0. The van der Waals surface area contributed by atoms with Crippen LogP contribution in [0.4, 0.5) is 4.79 Å². The number of aromatic nitrogens is 4. The number of amides is 2. The van der Waals surface area contributed by atoms with Gasteiger partial charge < -0.3 is 10.6 Å². The van der Waals surface area contributed by atoms with Crippen molar-refractivity contribution in [2.75, 3.05) is 6.54 Å². The minimum atomic E-state index is -0.170. The van der Waals surface area contributed by atoms with Crippen LogP contribution in [0.3, 0.4) is 0 Å². The number of aryl methyl sites for hydroxylation is 2. The summed E-state index contributed by atoms with van der Waals surface area (Å²) in [5.41, 5.74) is 4.32. The van der Waals surface area contributed by atoms with E-state index in [2.05, 4.69) is 46.0 Å². The van der Waals surface area contributed by atoms with Crippen LogP contribution < -0.4 is 10.6 Å². The second-order valence-electron chi connectivity index (χ2n) is 7.31. The van der Waals surface area contributed by atoms with Gasteiger partial charge in [-0.25, -0.2) is 4.79 Å². The Kier molecular flexibility index (Phi) is 6.47. The van der Waals surface area contributed by atoms with E-state index in [9.17, 15) is 4.79 Å². The number of nitrogens with one attached hydrogen (secondary N) is 2. The molecule has 0 bridgehead atoms. The molecule has 1 atom stereocenters. The van der Waals surface area contributed by atoms with Gasteiger partial charge in [-0.3, -0.25) is 9.36 Å². The molecule has 0 aliphatic heterocycles. The summed E-state index contributed by atoms with van der Waals surface area (Å²) in [6.07, 6.45) is 3.74. The number of carbonyl (C=O) groups excluding carboxylic acids is 1. The second kappa shape index (κ2) is 9.21. The first kappa shape index (κ1) is 19.7. The monoisotopic (exact) mass is 380 g/mol. The van der Waals surface area contributed by atoms with Crippen molar-refractivity contribution >= 4 is 6.03 Å². The van der Waals surface area contributed by atoms with Crippen molar-refractivity contribution in [3.63, 3.8) is 0 Å². The molecule has 3 aromatic rings. The number of nitrogens with zero attached hydrogens (tertiary/aromatic N) is 4. The van der Waals surface area contributed by atoms with E-state index in [1.165, 1.54) is 5.56 Å². The molecule has 7 nitrogen and oxygen atoms in total. The lowest BCUT2D eigenvalue weighted by Gasteiger charge is -2.14. The Hall–Kier alpha value is -3.09. The van der Waals surface area contributed by atoms with Crippen LogP contribution >= 0.6 is 0 Å². The molecular formula is C21H28N6O. The van der Waals surface area contributed by atoms with Gasteiger partial charge in [0.2, 0.25) is 0 Å². The molecule has 28 heavy (non-hydrogen) atoms. The largest absolute Gasteiger partial charge is 0.338 e. The molecular weight excluding hydrogens is 352 g/mol. The molecule has 1 aromatic carbocycles. The zero-order valence-electron chi connectivity index (χ0n) is 16.7. The van der Waals surface area contributed by atoms with E-state index in [1.54, 1.807) is 6.20 Å². The highest BCUT2D eigenvalue weighted by molar-refractivity contribution is 5.73. The van der Waals surface area contributed by atoms with Gasteiger partial charge in [-0.15, -0.1) is 0 Å². The van der Waals surface area contributed by atoms with E-state index in [4.69, 9.17) is 0 Å². The number of carbonyl (C=O) groups is 1. The van der Waals surface area contributed by atoms with Crippen molar-refractivity contribution in [2.24, 2.45) is 5.92 Å². The minimum Gasteiger partial charge on any atom is -0.338 e. The van der Waals surface area contributed by atoms with Gasteiger partial charge in [0.25, 0.3) is 0 Å². The molecule has 7 heteroatoms. The fraction of sp³-hybridized carbons (Fsp3) is 0.381. The van der Waals surface area contributed by atoms with E-state index < -0.39 is 0 Å². The molecule has 0 aliphatic carbocycles. The number of urea groups is 1. The fourth-order valence-corrected chi connectivity index (χ4v) is 3.09. The molecule has 2 N–H and O–H groups in total. The first-order chi connectivity index (χ1) is 13.5. The Morgan fingerprint density at radius 2 is 1.93 bits per heavy atom. The van der Waals surface area contributed by atoms with Crippen molar-refractivity contribution in [3.05, 3.63) is 71.3 Å². The first-order valence-electron chi connectivity index (χ1n) is 9.57. The van der Waals surface area contributed by atoms with Crippen molar-refractivity contribution < 1.29 is 4.79 Å². The Morgan fingerprint density at radius 1 is 1.14 bits per heavy atom. The molecule has 2 heterocycles. The van der Waals surface area contributed by atoms with Crippen LogP contribution in [0.5, 0.6) is 0 Å². The average Bonchev–Trinajstić information content (AvgIpc) is 3.24. The highest BCUT2D eigenvalue weighted by atomic mass is 16.2. The topological polar surface area (TPSA) is 76.8 Å². The van der Waals surface area contributed by atoms with Crippen LogP contribution in [-0.4, -0.2) is 32.1 Å². The summed E-state index contributed by atoms with van der Waals surface area (Å²) in [5, 5.41) is 14.6. The molecule has 148 valence electrons. The van der Waals surface area contributed by atoms with Gasteiger partial charge in [0.05, 0.1) is 18.4 Å². The van der Waals surface area contributed by atoms with Gasteiger partial charge in [-0.1, -0.05) is 37.3 Å². The lowest BCUT2D eigenvalue weighted by molar-refractivity contribution is 0.238. The molecule has 2 aromatic heterocycles. The predicted octanol–water partition coefficient (Wildman–Crippen LogP) is 2.88. The minimum absolute atomic E-state index is 0.170. The summed E-state index contributed by atoms with van der Waals surface area (Å²) < 4.78 is 3.86. The Morgan fingerprint density at radius 3 is 2.64 bits per heavy atom. The number of rotatable bonds is 8. The lowest BCUT2D eigenvalue weighted by atomic mass is 10.2. The Balaban J connectivity index is 1.39. The van der Waals surface area contributed by atoms with Crippen molar-refractivity contribution in [1.29, 1.82) is 0 Å². The Labute approximate surface area is 165 Å². The quantitative estimate of drug-likeness (QED) is 0.631. The van der Waals surface area contributed by atoms with E-state index in [0.29, 0.717) is 13.1 Å². The molecule has 0 saturated carbocycles. The number of benzene rings is 1. The molecule has 0 spiro atoms. The molecule has 0 fully saturated rings. The molecule has 0 radical (unpaired) electrons. The average molecular weight is 380 g/mol. The number of hydrogen-bond acceptors (Lipinski definition) is 3. The van der Waals surface area contributed by atoms with Crippen LogP contribution in [0.25, 0.3) is 0 Å². The van der Waals surface area contributed by atoms with E-state index in [1.807, 2.05) is 47.6 Å². The smallest absolute Gasteiger partial charge is 0.315 e. The predicted molar refractivity (Wildman–Crippen MR) is 109 cm³/mol. The van der Waals surface area contributed by atoms with Crippen LogP contribution in [-0.2, 0) is 19.6 Å². The van der Waals surface area contributed by atoms with Gasteiger partial charge >= 0.3 is 6.03 Å². The second-order valence-corrected chi connectivity index (χ2v) is 7.31. The molecule has 0 saturated heterocycles. The summed E-state index contributed by atoms with van der Waals surface area (Å²) in [6, 6.07) is 12.1. The maximum Gasteiger partial charge on any atom is 0.315 e. The normalized spacial score (nSPS) is 12.0. The van der Waals surface area contributed by atoms with Gasteiger partial charge in [0.15, 0.2) is 0 Å². The van der Waals surface area contributed by atoms with Gasteiger partial charge in [0.1, 0.15) is 0 Å². The van der Waals surface area contributed by atoms with Crippen molar-refractivity contribution in [2.45, 2.75) is 40.4 Å². The third-order valence-corrected chi connectivity index (χ3v) is 4.53. The van der Waals surface area contributed by atoms with Crippen LogP contribution in [0.2, 0.25) is 0 Å². The van der Waals surface area contributed by atoms with E-state index in [0.717, 1.165) is 30.0 Å². The Bertz CT molecular complexity index is 899. The third-order valence-electron chi connectivity index (χ3n) is 4.53. The van der Waals surface area contributed by atoms with Gasteiger partial charge in [0, 0.05) is 37.1 Å². The zero-order chi connectivity index (χ0) is 19.9. The molecule has 2 amide bonds. The molecule has 1 unspecified atom stereocenters. The van der Waals surface area contributed by atoms with Gasteiger partial charge in [-0.2, -0.15) is 10.2 Å². The summed E-state index contributed by atoms with van der Waals surface area (Å²) in [4.78, 5) is 12.1. The highest BCUT2D eigenvalue weighted by Crippen LogP contribution is 2.06. The van der Waals surface area contributed by atoms with Gasteiger partial charge in [-0.05, 0) is 31.4 Å². The van der Waals surface area contributed by atoms with Crippen LogP contribution in [0.15, 0.2) is 48.8 Å². The summed E-state index contributed by atoms with van der Waals surface area (Å²) in [6.45, 7) is 8.68.